The molecule has 57 valence electrons. The third kappa shape index (κ3) is 1.90. The quantitative estimate of drug-likeness (QED) is 0.587. The van der Waals surface area contributed by atoms with Crippen molar-refractivity contribution in [2.24, 2.45) is 5.92 Å². The molecule has 1 radical (unpaired) electrons. The van der Waals surface area contributed by atoms with Gasteiger partial charge in [-0.15, -0.1) is 0 Å². The highest BCUT2D eigenvalue weighted by molar-refractivity contribution is 5.97. The summed E-state index contributed by atoms with van der Waals surface area (Å²) >= 11 is 0. The molecule has 0 aromatic heterocycles. The third-order valence-corrected chi connectivity index (χ3v) is 1.52. The predicted octanol–water partition coefficient (Wildman–Crippen LogP) is 2.33. The van der Waals surface area contributed by atoms with Gasteiger partial charge in [-0.05, 0) is 12.1 Å². The van der Waals surface area contributed by atoms with Gasteiger partial charge in [-0.1, -0.05) is 32.0 Å². The molecule has 0 atom stereocenters. The van der Waals surface area contributed by atoms with Gasteiger partial charge in [0.2, 0.25) is 0 Å². The lowest BCUT2D eigenvalue weighted by Crippen LogP contribution is -2.06. The Kier molecular flexibility index (Phi) is 2.42. The Morgan fingerprint density at radius 3 is 2.73 bits per heavy atom. The molecule has 0 saturated heterocycles. The van der Waals surface area contributed by atoms with Crippen molar-refractivity contribution < 1.29 is 4.79 Å². The van der Waals surface area contributed by atoms with Gasteiger partial charge in [-0.25, -0.2) is 0 Å². The summed E-state index contributed by atoms with van der Waals surface area (Å²) in [7, 11) is 0. The SMILES string of the molecule is CC(C)C(=O)c1c[c]ccc1. The Morgan fingerprint density at radius 1 is 1.55 bits per heavy atom. The second kappa shape index (κ2) is 3.33. The van der Waals surface area contributed by atoms with Crippen LogP contribution >= 0.6 is 0 Å². The van der Waals surface area contributed by atoms with Crippen LogP contribution in [0.2, 0.25) is 0 Å². The molecule has 0 aliphatic rings. The number of carbonyl (C=O) groups excluding carboxylic acids is 1. The van der Waals surface area contributed by atoms with E-state index in [2.05, 4.69) is 6.07 Å². The molecule has 0 saturated carbocycles. The maximum absolute atomic E-state index is 11.3. The first-order valence-corrected chi connectivity index (χ1v) is 3.72. The Morgan fingerprint density at radius 2 is 2.27 bits per heavy atom. The molecule has 11 heavy (non-hydrogen) atoms. The summed E-state index contributed by atoms with van der Waals surface area (Å²) < 4.78 is 0. The Labute approximate surface area is 67.1 Å². The van der Waals surface area contributed by atoms with Crippen LogP contribution < -0.4 is 0 Å². The van der Waals surface area contributed by atoms with Crippen molar-refractivity contribution in [2.45, 2.75) is 13.8 Å². The molecule has 1 aromatic carbocycles. The lowest BCUT2D eigenvalue weighted by molar-refractivity contribution is 0.0939. The molecule has 0 N–H and O–H groups in total. The Bertz CT molecular complexity index is 236. The molecule has 1 nitrogen and oxygen atoms in total. The van der Waals surface area contributed by atoms with Crippen LogP contribution in [0.25, 0.3) is 0 Å². The van der Waals surface area contributed by atoms with Crippen LogP contribution in [0, 0.1) is 12.0 Å². The van der Waals surface area contributed by atoms with Gasteiger partial charge in [0.25, 0.3) is 0 Å². The molecule has 0 unspecified atom stereocenters. The van der Waals surface area contributed by atoms with Crippen molar-refractivity contribution in [1.82, 2.24) is 0 Å². The Balaban J connectivity index is 2.86. The summed E-state index contributed by atoms with van der Waals surface area (Å²) in [5, 5.41) is 0. The molecule has 1 rings (SSSR count). The molecule has 0 aliphatic carbocycles. The van der Waals surface area contributed by atoms with Crippen molar-refractivity contribution in [2.75, 3.05) is 0 Å². The number of rotatable bonds is 2. The largest absolute Gasteiger partial charge is 0.294 e. The maximum Gasteiger partial charge on any atom is 0.165 e. The number of hydrogen-bond donors (Lipinski definition) is 0. The molecule has 1 aromatic rings. The number of hydrogen-bond acceptors (Lipinski definition) is 1. The van der Waals surface area contributed by atoms with Crippen LogP contribution in [0.1, 0.15) is 24.2 Å². The molecule has 0 heterocycles. The van der Waals surface area contributed by atoms with E-state index < -0.39 is 0 Å². The van der Waals surface area contributed by atoms with Crippen LogP contribution in [0.5, 0.6) is 0 Å². The molecule has 0 amide bonds. The minimum absolute atomic E-state index is 0.0748. The van der Waals surface area contributed by atoms with E-state index in [4.69, 9.17) is 0 Å². The zero-order valence-electron chi connectivity index (χ0n) is 6.79. The van der Waals surface area contributed by atoms with Gasteiger partial charge in [0.05, 0.1) is 0 Å². The van der Waals surface area contributed by atoms with Crippen LogP contribution in [0.4, 0.5) is 0 Å². The summed E-state index contributed by atoms with van der Waals surface area (Å²) in [6, 6.07) is 10.0. The van der Waals surface area contributed by atoms with Gasteiger partial charge in [0, 0.05) is 11.5 Å². The van der Waals surface area contributed by atoms with E-state index in [1.807, 2.05) is 26.0 Å². The first-order valence-electron chi connectivity index (χ1n) is 3.72. The van der Waals surface area contributed by atoms with Gasteiger partial charge in [-0.2, -0.15) is 0 Å². The van der Waals surface area contributed by atoms with Crippen molar-refractivity contribution >= 4 is 5.78 Å². The van der Waals surface area contributed by atoms with Gasteiger partial charge >= 0.3 is 0 Å². The smallest absolute Gasteiger partial charge is 0.165 e. The lowest BCUT2D eigenvalue weighted by Gasteiger charge is -2.01. The molecular weight excluding hydrogens is 136 g/mol. The summed E-state index contributed by atoms with van der Waals surface area (Å²) in [5.41, 5.74) is 0.752. The molecule has 0 aliphatic heterocycles. The minimum atomic E-state index is 0.0748. The minimum Gasteiger partial charge on any atom is -0.294 e. The lowest BCUT2D eigenvalue weighted by atomic mass is 10.0. The van der Waals surface area contributed by atoms with Crippen LogP contribution in [0.15, 0.2) is 24.3 Å². The van der Waals surface area contributed by atoms with E-state index in [1.54, 1.807) is 12.1 Å². The van der Waals surface area contributed by atoms with E-state index in [0.717, 1.165) is 5.56 Å². The van der Waals surface area contributed by atoms with Gasteiger partial charge < -0.3 is 0 Å². The molecule has 0 spiro atoms. The fraction of sp³-hybridized carbons (Fsp3) is 0.300. The average Bonchev–Trinajstić information content (AvgIpc) is 2.05. The zero-order valence-corrected chi connectivity index (χ0v) is 6.79. The topological polar surface area (TPSA) is 17.1 Å². The van der Waals surface area contributed by atoms with Gasteiger partial charge in [-0.3, -0.25) is 4.79 Å². The van der Waals surface area contributed by atoms with E-state index in [0.29, 0.717) is 0 Å². The first kappa shape index (κ1) is 7.99. The second-order valence-electron chi connectivity index (χ2n) is 2.81. The summed E-state index contributed by atoms with van der Waals surface area (Å²) in [5.74, 6) is 0.257. The van der Waals surface area contributed by atoms with Crippen molar-refractivity contribution in [3.8, 4) is 0 Å². The van der Waals surface area contributed by atoms with Crippen molar-refractivity contribution in [3.63, 3.8) is 0 Å². The number of carbonyl (C=O) groups is 1. The van der Waals surface area contributed by atoms with E-state index >= 15 is 0 Å². The molecule has 0 fully saturated rings. The highest BCUT2D eigenvalue weighted by Gasteiger charge is 2.08. The number of benzene rings is 1. The average molecular weight is 147 g/mol. The summed E-state index contributed by atoms with van der Waals surface area (Å²) in [4.78, 5) is 11.3. The second-order valence-corrected chi connectivity index (χ2v) is 2.81. The van der Waals surface area contributed by atoms with E-state index in [1.165, 1.54) is 0 Å². The molecular formula is C10H11O. The third-order valence-electron chi connectivity index (χ3n) is 1.52. The highest BCUT2D eigenvalue weighted by Crippen LogP contribution is 2.06. The van der Waals surface area contributed by atoms with Crippen molar-refractivity contribution in [3.05, 3.63) is 35.9 Å². The fourth-order valence-electron chi connectivity index (χ4n) is 0.880. The highest BCUT2D eigenvalue weighted by atomic mass is 16.1. The van der Waals surface area contributed by atoms with Crippen LogP contribution in [-0.4, -0.2) is 5.78 Å². The number of ketones is 1. The first-order chi connectivity index (χ1) is 5.22. The van der Waals surface area contributed by atoms with E-state index in [9.17, 15) is 4.79 Å². The standard InChI is InChI=1S/C10H11O/c1-8(2)10(11)9-6-4-3-5-7-9/h3-4,6-8H,1-2H3. The number of Topliss-reactive ketones (excluding diaryl/α,β-unsaturated/α-hetero) is 1. The predicted molar refractivity (Wildman–Crippen MR) is 44.4 cm³/mol. The van der Waals surface area contributed by atoms with Crippen LogP contribution in [-0.2, 0) is 0 Å². The maximum atomic E-state index is 11.3. The Hall–Kier alpha value is -1.11. The van der Waals surface area contributed by atoms with Gasteiger partial charge in [0.1, 0.15) is 0 Å². The molecule has 1 heteroatoms. The zero-order chi connectivity index (χ0) is 8.27. The normalized spacial score (nSPS) is 10.1. The van der Waals surface area contributed by atoms with E-state index in [-0.39, 0.29) is 11.7 Å². The fourth-order valence-corrected chi connectivity index (χ4v) is 0.880. The van der Waals surface area contributed by atoms with Crippen molar-refractivity contribution in [1.29, 1.82) is 0 Å². The summed E-state index contributed by atoms with van der Waals surface area (Å²) in [6.45, 7) is 3.80. The van der Waals surface area contributed by atoms with Crippen LogP contribution in [0.3, 0.4) is 0 Å². The monoisotopic (exact) mass is 147 g/mol. The van der Waals surface area contributed by atoms with Gasteiger partial charge in [0.15, 0.2) is 5.78 Å². The molecule has 0 bridgehead atoms. The summed E-state index contributed by atoms with van der Waals surface area (Å²) in [6.07, 6.45) is 0.